The number of rotatable bonds is 5. The van der Waals surface area contributed by atoms with Crippen LogP contribution in [0.3, 0.4) is 0 Å². The average Bonchev–Trinajstić information content (AvgIpc) is 2.00. The standard InChI is InChI=1S/C7H7NO5/c8-4(1-2-6(10)11)3-5(9)7(12)13/h1-2,8H,3H2,(H,10,11)(H,12,13). The van der Waals surface area contributed by atoms with Gasteiger partial charge >= 0.3 is 11.9 Å². The first kappa shape index (κ1) is 11.0. The molecule has 0 heterocycles. The molecule has 0 aromatic heterocycles. The van der Waals surface area contributed by atoms with Crippen molar-refractivity contribution in [3.05, 3.63) is 12.2 Å². The van der Waals surface area contributed by atoms with Gasteiger partial charge in [-0.15, -0.1) is 0 Å². The SMILES string of the molecule is N=C(C=CC(=O)O)CC(=O)C(=O)O. The monoisotopic (exact) mass is 185 g/mol. The molecule has 0 radical (unpaired) electrons. The Bertz CT molecular complexity index is 291. The summed E-state index contributed by atoms with van der Waals surface area (Å²) >= 11 is 0. The van der Waals surface area contributed by atoms with E-state index >= 15 is 0 Å². The first-order valence-corrected chi connectivity index (χ1v) is 3.18. The summed E-state index contributed by atoms with van der Waals surface area (Å²) in [5.41, 5.74) is -0.352. The Kier molecular flexibility index (Phi) is 4.08. The smallest absolute Gasteiger partial charge is 0.372 e. The number of hydrogen-bond donors (Lipinski definition) is 3. The molecule has 0 fully saturated rings. The Balaban J connectivity index is 4.10. The Morgan fingerprint density at radius 1 is 1.15 bits per heavy atom. The molecule has 6 nitrogen and oxygen atoms in total. The lowest BCUT2D eigenvalue weighted by molar-refractivity contribution is -0.148. The second-order valence-corrected chi connectivity index (χ2v) is 2.10. The highest BCUT2D eigenvalue weighted by Gasteiger charge is 2.12. The predicted molar refractivity (Wildman–Crippen MR) is 41.8 cm³/mol. The molecule has 0 aliphatic heterocycles. The molecule has 0 atom stereocenters. The van der Waals surface area contributed by atoms with E-state index in [2.05, 4.69) is 0 Å². The van der Waals surface area contributed by atoms with E-state index < -0.39 is 24.1 Å². The molecule has 6 heteroatoms. The maximum atomic E-state index is 10.5. The van der Waals surface area contributed by atoms with Crippen molar-refractivity contribution in [2.75, 3.05) is 0 Å². The number of Topliss-reactive ketones (excluding diaryl/α,β-unsaturated/α-hetero) is 1. The zero-order valence-corrected chi connectivity index (χ0v) is 6.48. The Labute approximate surface area is 73.0 Å². The molecule has 0 spiro atoms. The minimum absolute atomic E-state index is 0.352. The topological polar surface area (TPSA) is 116 Å². The van der Waals surface area contributed by atoms with Crippen LogP contribution in [0.1, 0.15) is 6.42 Å². The van der Waals surface area contributed by atoms with Crippen LogP contribution in [-0.4, -0.2) is 33.6 Å². The molecule has 0 rings (SSSR count). The van der Waals surface area contributed by atoms with Crippen LogP contribution < -0.4 is 0 Å². The molecule has 13 heavy (non-hydrogen) atoms. The molecule has 0 amide bonds. The van der Waals surface area contributed by atoms with E-state index in [1.165, 1.54) is 0 Å². The summed E-state index contributed by atoms with van der Waals surface area (Å²) in [4.78, 5) is 30.4. The molecule has 3 N–H and O–H groups in total. The predicted octanol–water partition coefficient (Wildman–Crippen LogP) is -0.309. The highest BCUT2D eigenvalue weighted by Crippen LogP contribution is 1.89. The van der Waals surface area contributed by atoms with Gasteiger partial charge in [0.2, 0.25) is 5.78 Å². The van der Waals surface area contributed by atoms with Crippen molar-refractivity contribution in [2.45, 2.75) is 6.42 Å². The summed E-state index contributed by atoms with van der Waals surface area (Å²) in [6.45, 7) is 0. The lowest BCUT2D eigenvalue weighted by Crippen LogP contribution is -2.15. The summed E-state index contributed by atoms with van der Waals surface area (Å²) in [6.07, 6.45) is 0.930. The van der Waals surface area contributed by atoms with Gasteiger partial charge in [0.05, 0.1) is 6.42 Å². The third-order valence-corrected chi connectivity index (χ3v) is 1.02. The molecular formula is C7H7NO5. The number of carbonyl (C=O) groups excluding carboxylic acids is 1. The molecule has 0 bridgehead atoms. The summed E-state index contributed by atoms with van der Waals surface area (Å²) < 4.78 is 0. The van der Waals surface area contributed by atoms with Crippen LogP contribution in [0.15, 0.2) is 12.2 Å². The van der Waals surface area contributed by atoms with Gasteiger partial charge in [-0.25, -0.2) is 9.59 Å². The number of allylic oxidation sites excluding steroid dienone is 1. The maximum Gasteiger partial charge on any atom is 0.372 e. The van der Waals surface area contributed by atoms with Crippen LogP contribution in [0.5, 0.6) is 0 Å². The molecule has 0 aliphatic rings. The lowest BCUT2D eigenvalue weighted by atomic mass is 10.2. The van der Waals surface area contributed by atoms with Crippen LogP contribution in [0, 0.1) is 5.41 Å². The fourth-order valence-corrected chi connectivity index (χ4v) is 0.479. The molecule has 0 aromatic carbocycles. The van der Waals surface area contributed by atoms with Gasteiger partial charge in [-0.05, 0) is 6.08 Å². The molecule has 0 saturated heterocycles. The van der Waals surface area contributed by atoms with Crippen LogP contribution in [0.2, 0.25) is 0 Å². The van der Waals surface area contributed by atoms with E-state index in [0.717, 1.165) is 6.08 Å². The zero-order valence-electron chi connectivity index (χ0n) is 6.48. The lowest BCUT2D eigenvalue weighted by Gasteiger charge is -1.91. The first-order valence-electron chi connectivity index (χ1n) is 3.18. The average molecular weight is 185 g/mol. The number of hydrogen-bond acceptors (Lipinski definition) is 4. The highest BCUT2D eigenvalue weighted by atomic mass is 16.4. The number of carboxylic acids is 2. The number of nitrogens with one attached hydrogen (secondary N) is 1. The van der Waals surface area contributed by atoms with E-state index in [9.17, 15) is 14.4 Å². The van der Waals surface area contributed by atoms with E-state index in [-0.39, 0.29) is 5.71 Å². The van der Waals surface area contributed by atoms with E-state index in [0.29, 0.717) is 6.08 Å². The van der Waals surface area contributed by atoms with Crippen LogP contribution in [0.4, 0.5) is 0 Å². The summed E-state index contributed by atoms with van der Waals surface area (Å²) in [5, 5.41) is 23.2. The van der Waals surface area contributed by atoms with Crippen molar-refractivity contribution in [1.29, 1.82) is 5.41 Å². The van der Waals surface area contributed by atoms with Crippen molar-refractivity contribution in [1.82, 2.24) is 0 Å². The zero-order chi connectivity index (χ0) is 10.4. The summed E-state index contributed by atoms with van der Waals surface area (Å²) in [7, 11) is 0. The maximum absolute atomic E-state index is 10.5. The van der Waals surface area contributed by atoms with E-state index in [1.54, 1.807) is 0 Å². The molecule has 0 saturated carbocycles. The van der Waals surface area contributed by atoms with Crippen LogP contribution in [-0.2, 0) is 14.4 Å². The van der Waals surface area contributed by atoms with Gasteiger partial charge in [0.1, 0.15) is 0 Å². The summed E-state index contributed by atoms with van der Waals surface area (Å²) in [5.74, 6) is -4.03. The fraction of sp³-hybridized carbons (Fsp3) is 0.143. The van der Waals surface area contributed by atoms with Gasteiger partial charge in [-0.1, -0.05) is 0 Å². The van der Waals surface area contributed by atoms with E-state index in [1.807, 2.05) is 0 Å². The van der Waals surface area contributed by atoms with Gasteiger partial charge in [0.15, 0.2) is 0 Å². The summed E-state index contributed by atoms with van der Waals surface area (Å²) in [6, 6.07) is 0. The van der Waals surface area contributed by atoms with E-state index in [4.69, 9.17) is 15.6 Å². The Morgan fingerprint density at radius 3 is 2.08 bits per heavy atom. The van der Waals surface area contributed by atoms with Crippen molar-refractivity contribution in [3.8, 4) is 0 Å². The third kappa shape index (κ3) is 5.31. The molecular weight excluding hydrogens is 178 g/mol. The second-order valence-electron chi connectivity index (χ2n) is 2.10. The molecule has 0 aliphatic carbocycles. The fourth-order valence-electron chi connectivity index (χ4n) is 0.479. The van der Waals surface area contributed by atoms with Gasteiger partial charge in [0.25, 0.3) is 0 Å². The number of carboxylic acid groups (broad SMARTS) is 2. The highest BCUT2D eigenvalue weighted by molar-refractivity contribution is 6.37. The number of aliphatic carboxylic acids is 2. The van der Waals surface area contributed by atoms with Gasteiger partial charge < -0.3 is 15.6 Å². The second kappa shape index (κ2) is 4.81. The van der Waals surface area contributed by atoms with Gasteiger partial charge in [-0.3, -0.25) is 4.79 Å². The minimum atomic E-state index is -1.63. The van der Waals surface area contributed by atoms with Crippen molar-refractivity contribution in [2.24, 2.45) is 0 Å². The first-order chi connectivity index (χ1) is 5.93. The van der Waals surface area contributed by atoms with Crippen LogP contribution >= 0.6 is 0 Å². The molecule has 0 unspecified atom stereocenters. The number of carbonyl (C=O) groups is 3. The number of ketones is 1. The Hall–Kier alpha value is -1.98. The van der Waals surface area contributed by atoms with Crippen LogP contribution in [0.25, 0.3) is 0 Å². The van der Waals surface area contributed by atoms with Gasteiger partial charge in [-0.2, -0.15) is 0 Å². The molecule has 0 aromatic rings. The Morgan fingerprint density at radius 2 is 1.69 bits per heavy atom. The van der Waals surface area contributed by atoms with Crippen molar-refractivity contribution < 1.29 is 24.6 Å². The molecule has 70 valence electrons. The largest absolute Gasteiger partial charge is 0.478 e. The van der Waals surface area contributed by atoms with Crippen molar-refractivity contribution in [3.63, 3.8) is 0 Å². The normalized spacial score (nSPS) is 9.85. The quantitative estimate of drug-likeness (QED) is 0.308. The minimum Gasteiger partial charge on any atom is -0.478 e. The third-order valence-electron chi connectivity index (χ3n) is 1.02. The van der Waals surface area contributed by atoms with Crippen molar-refractivity contribution >= 4 is 23.4 Å². The van der Waals surface area contributed by atoms with Gasteiger partial charge in [0, 0.05) is 11.8 Å².